The summed E-state index contributed by atoms with van der Waals surface area (Å²) >= 11 is 0. The normalized spacial score (nSPS) is 11.5. The fraction of sp³-hybridized carbons (Fsp3) is 0.333. The van der Waals surface area contributed by atoms with Crippen molar-refractivity contribution >= 4 is 11.7 Å². The standard InChI is InChI=1S/C9H5F5N2O5/c10-7(11)4-2-5(16(19)20)3(1-6(17)18)8(15-4)21-9(12,13)14/h2,7H,1H2,(H,17,18). The lowest BCUT2D eigenvalue weighted by atomic mass is 10.1. The van der Waals surface area contributed by atoms with Gasteiger partial charge in [0.05, 0.1) is 11.3 Å². The van der Waals surface area contributed by atoms with Crippen LogP contribution in [-0.4, -0.2) is 27.3 Å². The van der Waals surface area contributed by atoms with Gasteiger partial charge in [-0.25, -0.2) is 13.8 Å². The molecule has 0 saturated heterocycles. The van der Waals surface area contributed by atoms with Gasteiger partial charge >= 0.3 is 12.3 Å². The van der Waals surface area contributed by atoms with Crippen molar-refractivity contribution < 1.29 is 41.5 Å². The lowest BCUT2D eigenvalue weighted by molar-refractivity contribution is -0.386. The number of hydrogen-bond acceptors (Lipinski definition) is 5. The Kier molecular flexibility index (Phi) is 4.60. The second-order valence-corrected chi connectivity index (χ2v) is 3.53. The molecule has 0 spiro atoms. The van der Waals surface area contributed by atoms with Crippen LogP contribution in [0.4, 0.5) is 27.6 Å². The first-order valence-electron chi connectivity index (χ1n) is 4.95. The highest BCUT2D eigenvalue weighted by Crippen LogP contribution is 2.34. The summed E-state index contributed by atoms with van der Waals surface area (Å²) in [6.07, 6.45) is -10.0. The Balaban J connectivity index is 3.53. The van der Waals surface area contributed by atoms with Gasteiger partial charge in [0.1, 0.15) is 11.3 Å². The molecule has 0 aliphatic carbocycles. The monoisotopic (exact) mass is 316 g/mol. The van der Waals surface area contributed by atoms with E-state index in [4.69, 9.17) is 5.11 Å². The number of carboxylic acids is 1. The van der Waals surface area contributed by atoms with Gasteiger partial charge in [0.2, 0.25) is 5.88 Å². The number of carbonyl (C=O) groups is 1. The van der Waals surface area contributed by atoms with Crippen molar-refractivity contribution in [3.05, 3.63) is 27.4 Å². The Labute approximate surface area is 112 Å². The number of nitrogens with zero attached hydrogens (tertiary/aromatic N) is 2. The van der Waals surface area contributed by atoms with Gasteiger partial charge in [0.25, 0.3) is 12.1 Å². The topological polar surface area (TPSA) is 103 Å². The zero-order chi connectivity index (χ0) is 16.4. The molecule has 1 heterocycles. The van der Waals surface area contributed by atoms with Gasteiger partial charge in [0, 0.05) is 6.07 Å². The predicted molar refractivity (Wildman–Crippen MR) is 53.9 cm³/mol. The number of nitro groups is 1. The first-order valence-corrected chi connectivity index (χ1v) is 4.95. The van der Waals surface area contributed by atoms with Crippen LogP contribution in [0.25, 0.3) is 0 Å². The average molecular weight is 316 g/mol. The van der Waals surface area contributed by atoms with Crippen LogP contribution in [0.5, 0.6) is 5.88 Å². The number of rotatable bonds is 5. The summed E-state index contributed by atoms with van der Waals surface area (Å²) in [5.41, 5.74) is -3.65. The molecule has 1 aromatic rings. The quantitative estimate of drug-likeness (QED) is 0.508. The third-order valence-corrected chi connectivity index (χ3v) is 2.04. The molecule has 12 heteroatoms. The van der Waals surface area contributed by atoms with E-state index < -0.39 is 52.9 Å². The fourth-order valence-corrected chi connectivity index (χ4v) is 1.34. The number of pyridine rings is 1. The van der Waals surface area contributed by atoms with Crippen molar-refractivity contribution in [2.24, 2.45) is 0 Å². The van der Waals surface area contributed by atoms with Gasteiger partial charge < -0.3 is 9.84 Å². The summed E-state index contributed by atoms with van der Waals surface area (Å²) in [6, 6.07) is 0.201. The zero-order valence-electron chi connectivity index (χ0n) is 9.73. The SMILES string of the molecule is O=C(O)Cc1c([N+](=O)[O-])cc(C(F)F)nc1OC(F)(F)F. The lowest BCUT2D eigenvalue weighted by Gasteiger charge is -2.13. The highest BCUT2D eigenvalue weighted by atomic mass is 19.4. The Morgan fingerprint density at radius 1 is 1.48 bits per heavy atom. The molecule has 0 fully saturated rings. The highest BCUT2D eigenvalue weighted by Gasteiger charge is 2.36. The zero-order valence-corrected chi connectivity index (χ0v) is 9.73. The molecule has 1 N–H and O–H groups in total. The van der Waals surface area contributed by atoms with Crippen molar-refractivity contribution in [3.8, 4) is 5.88 Å². The van der Waals surface area contributed by atoms with E-state index >= 15 is 0 Å². The number of carboxylic acid groups (broad SMARTS) is 1. The predicted octanol–water partition coefficient (Wildman–Crippen LogP) is 2.45. The van der Waals surface area contributed by atoms with E-state index in [2.05, 4.69) is 9.72 Å². The van der Waals surface area contributed by atoms with Gasteiger partial charge in [-0.2, -0.15) is 0 Å². The third-order valence-electron chi connectivity index (χ3n) is 2.04. The van der Waals surface area contributed by atoms with Crippen LogP contribution in [0.2, 0.25) is 0 Å². The van der Waals surface area contributed by atoms with Gasteiger partial charge in [-0.3, -0.25) is 14.9 Å². The fourth-order valence-electron chi connectivity index (χ4n) is 1.34. The molecule has 7 nitrogen and oxygen atoms in total. The molecule has 0 amide bonds. The summed E-state index contributed by atoms with van der Waals surface area (Å²) in [6.45, 7) is 0. The summed E-state index contributed by atoms with van der Waals surface area (Å²) < 4.78 is 64.7. The van der Waals surface area contributed by atoms with Crippen molar-refractivity contribution in [2.75, 3.05) is 0 Å². The summed E-state index contributed by atoms with van der Waals surface area (Å²) in [5.74, 6) is -3.31. The van der Waals surface area contributed by atoms with E-state index in [0.29, 0.717) is 0 Å². The van der Waals surface area contributed by atoms with Crippen molar-refractivity contribution in [1.82, 2.24) is 4.98 Å². The maximum Gasteiger partial charge on any atom is 0.574 e. The van der Waals surface area contributed by atoms with Gasteiger partial charge in [-0.1, -0.05) is 0 Å². The lowest BCUT2D eigenvalue weighted by Crippen LogP contribution is -2.21. The first kappa shape index (κ1) is 16.5. The molecule has 0 aliphatic heterocycles. The van der Waals surface area contributed by atoms with Crippen molar-refractivity contribution in [2.45, 2.75) is 19.2 Å². The molecule has 0 bridgehead atoms. The largest absolute Gasteiger partial charge is 0.574 e. The van der Waals surface area contributed by atoms with Gasteiger partial charge in [-0.15, -0.1) is 13.2 Å². The summed E-state index contributed by atoms with van der Waals surface area (Å²) in [7, 11) is 0. The Bertz CT molecular complexity index is 574. The van der Waals surface area contributed by atoms with Crippen molar-refractivity contribution in [3.63, 3.8) is 0 Å². The molecule has 21 heavy (non-hydrogen) atoms. The second kappa shape index (κ2) is 5.85. The van der Waals surface area contributed by atoms with Crippen LogP contribution in [-0.2, 0) is 11.2 Å². The molecule has 0 saturated carbocycles. The Morgan fingerprint density at radius 2 is 2.05 bits per heavy atom. The third kappa shape index (κ3) is 4.50. The Morgan fingerprint density at radius 3 is 2.43 bits per heavy atom. The van der Waals surface area contributed by atoms with E-state index in [1.165, 1.54) is 0 Å². The van der Waals surface area contributed by atoms with Crippen LogP contribution in [0.15, 0.2) is 6.07 Å². The summed E-state index contributed by atoms with van der Waals surface area (Å²) in [4.78, 5) is 22.7. The van der Waals surface area contributed by atoms with E-state index in [9.17, 15) is 36.9 Å². The minimum Gasteiger partial charge on any atom is -0.481 e. The highest BCUT2D eigenvalue weighted by molar-refractivity contribution is 5.73. The molecule has 0 radical (unpaired) electrons. The number of ether oxygens (including phenoxy) is 1. The molecule has 0 aliphatic rings. The Hall–Kier alpha value is -2.53. The number of aliphatic carboxylic acids is 1. The van der Waals surface area contributed by atoms with Crippen LogP contribution >= 0.6 is 0 Å². The van der Waals surface area contributed by atoms with E-state index in [1.54, 1.807) is 0 Å². The van der Waals surface area contributed by atoms with Crippen LogP contribution < -0.4 is 4.74 Å². The molecule has 116 valence electrons. The average Bonchev–Trinajstić information content (AvgIpc) is 2.27. The second-order valence-electron chi connectivity index (χ2n) is 3.53. The number of aromatic nitrogens is 1. The number of alkyl halides is 5. The first-order chi connectivity index (χ1) is 9.51. The minimum absolute atomic E-state index is 0.201. The molecule has 1 aromatic heterocycles. The number of halogens is 5. The van der Waals surface area contributed by atoms with Crippen molar-refractivity contribution in [1.29, 1.82) is 0 Å². The molecule has 0 atom stereocenters. The van der Waals surface area contributed by atoms with Gasteiger partial charge in [-0.05, 0) is 0 Å². The van der Waals surface area contributed by atoms with E-state index in [1.807, 2.05) is 0 Å². The molecule has 0 unspecified atom stereocenters. The molecular weight excluding hydrogens is 311 g/mol. The summed E-state index contributed by atoms with van der Waals surface area (Å²) in [5, 5.41) is 19.2. The maximum absolute atomic E-state index is 12.5. The molecule has 1 rings (SSSR count). The van der Waals surface area contributed by atoms with Gasteiger partial charge in [0.15, 0.2) is 0 Å². The van der Waals surface area contributed by atoms with Crippen LogP contribution in [0, 0.1) is 10.1 Å². The van der Waals surface area contributed by atoms with Crippen LogP contribution in [0.3, 0.4) is 0 Å². The smallest absolute Gasteiger partial charge is 0.481 e. The molecular formula is C9H5F5N2O5. The maximum atomic E-state index is 12.5. The van der Waals surface area contributed by atoms with E-state index in [-0.39, 0.29) is 6.07 Å². The minimum atomic E-state index is -5.38. The van der Waals surface area contributed by atoms with E-state index in [0.717, 1.165) is 0 Å². The van der Waals surface area contributed by atoms with Crippen LogP contribution in [0.1, 0.15) is 17.7 Å². The molecule has 0 aromatic carbocycles. The number of hydrogen-bond donors (Lipinski definition) is 1.